The molecule has 29 heavy (non-hydrogen) atoms. The van der Waals surface area contributed by atoms with Gasteiger partial charge in [0, 0.05) is 23.7 Å². The number of amides is 2. The second-order valence-corrected chi connectivity index (χ2v) is 7.27. The van der Waals surface area contributed by atoms with Crippen molar-refractivity contribution in [2.75, 3.05) is 33.4 Å². The zero-order valence-electron chi connectivity index (χ0n) is 16.1. The van der Waals surface area contributed by atoms with Crippen molar-refractivity contribution >= 4 is 29.0 Å². The fourth-order valence-corrected chi connectivity index (χ4v) is 3.79. The first kappa shape index (κ1) is 19.5. The number of imide groups is 1. The van der Waals surface area contributed by atoms with E-state index in [1.165, 1.54) is 4.90 Å². The quantitative estimate of drug-likeness (QED) is 0.707. The lowest BCUT2D eigenvalue weighted by Gasteiger charge is -2.29. The van der Waals surface area contributed by atoms with Crippen LogP contribution in [-0.2, 0) is 20.9 Å². The fourth-order valence-electron chi connectivity index (χ4n) is 3.67. The first-order valence-electron chi connectivity index (χ1n) is 9.41. The van der Waals surface area contributed by atoms with Gasteiger partial charge < -0.3 is 14.4 Å². The third kappa shape index (κ3) is 3.73. The van der Waals surface area contributed by atoms with Gasteiger partial charge in [0.25, 0.3) is 11.8 Å². The van der Waals surface area contributed by atoms with Crippen molar-refractivity contribution in [3.05, 3.63) is 70.4 Å². The molecule has 2 amide bonds. The SMILES string of the molecule is COc1ccccc1CN1C(=O)C(c2ccc(Cl)cc2)=C(N2CCOCC2)C1=O. The van der Waals surface area contributed by atoms with Crippen LogP contribution in [-0.4, -0.2) is 55.0 Å². The maximum atomic E-state index is 13.4. The molecule has 6 nitrogen and oxygen atoms in total. The Morgan fingerprint density at radius 1 is 1.00 bits per heavy atom. The predicted molar refractivity (Wildman–Crippen MR) is 109 cm³/mol. The van der Waals surface area contributed by atoms with Crippen LogP contribution in [0.5, 0.6) is 5.75 Å². The molecule has 150 valence electrons. The number of halogens is 1. The van der Waals surface area contributed by atoms with E-state index in [1.54, 1.807) is 31.4 Å². The number of carbonyl (C=O) groups is 2. The Hall–Kier alpha value is -2.83. The van der Waals surface area contributed by atoms with E-state index in [0.717, 1.165) is 5.56 Å². The van der Waals surface area contributed by atoms with Gasteiger partial charge >= 0.3 is 0 Å². The van der Waals surface area contributed by atoms with Gasteiger partial charge in [-0.15, -0.1) is 0 Å². The summed E-state index contributed by atoms with van der Waals surface area (Å²) >= 11 is 6.02. The highest BCUT2D eigenvalue weighted by Gasteiger charge is 2.42. The molecule has 0 saturated carbocycles. The number of methoxy groups -OCH3 is 1. The first-order chi connectivity index (χ1) is 14.1. The smallest absolute Gasteiger partial charge is 0.278 e. The molecule has 0 spiro atoms. The molecule has 0 radical (unpaired) electrons. The van der Waals surface area contributed by atoms with Crippen LogP contribution in [0.1, 0.15) is 11.1 Å². The molecule has 4 rings (SSSR count). The maximum absolute atomic E-state index is 13.4. The highest BCUT2D eigenvalue weighted by molar-refractivity contribution is 6.36. The van der Waals surface area contributed by atoms with Crippen LogP contribution in [0.4, 0.5) is 0 Å². The molecule has 0 aromatic heterocycles. The van der Waals surface area contributed by atoms with Crippen molar-refractivity contribution in [3.63, 3.8) is 0 Å². The number of hydrogen-bond donors (Lipinski definition) is 0. The molecule has 0 bridgehead atoms. The minimum Gasteiger partial charge on any atom is -0.496 e. The molecule has 0 atom stereocenters. The van der Waals surface area contributed by atoms with E-state index in [4.69, 9.17) is 21.1 Å². The summed E-state index contributed by atoms with van der Waals surface area (Å²) in [5.41, 5.74) is 2.28. The van der Waals surface area contributed by atoms with Crippen LogP contribution in [0.2, 0.25) is 5.02 Å². The number of hydrogen-bond acceptors (Lipinski definition) is 5. The third-order valence-electron chi connectivity index (χ3n) is 5.12. The summed E-state index contributed by atoms with van der Waals surface area (Å²) in [6.07, 6.45) is 0. The topological polar surface area (TPSA) is 59.1 Å². The second-order valence-electron chi connectivity index (χ2n) is 6.84. The Morgan fingerprint density at radius 3 is 2.38 bits per heavy atom. The third-order valence-corrected chi connectivity index (χ3v) is 5.38. The van der Waals surface area contributed by atoms with Gasteiger partial charge in [-0.1, -0.05) is 41.9 Å². The molecule has 2 aromatic rings. The van der Waals surface area contributed by atoms with Crippen molar-refractivity contribution in [3.8, 4) is 5.75 Å². The van der Waals surface area contributed by atoms with Gasteiger partial charge in [0.2, 0.25) is 0 Å². The summed E-state index contributed by atoms with van der Waals surface area (Å²) in [5, 5.41) is 0.574. The molecule has 1 saturated heterocycles. The molecule has 0 aliphatic carbocycles. The lowest BCUT2D eigenvalue weighted by molar-refractivity contribution is -0.138. The van der Waals surface area contributed by atoms with E-state index in [-0.39, 0.29) is 18.4 Å². The molecular weight excluding hydrogens is 392 g/mol. The number of benzene rings is 2. The monoisotopic (exact) mass is 412 g/mol. The van der Waals surface area contributed by atoms with E-state index >= 15 is 0 Å². The molecule has 2 heterocycles. The Labute approximate surface area is 174 Å². The van der Waals surface area contributed by atoms with Crippen molar-refractivity contribution < 1.29 is 19.1 Å². The minimum absolute atomic E-state index is 0.145. The highest BCUT2D eigenvalue weighted by atomic mass is 35.5. The van der Waals surface area contributed by atoms with Gasteiger partial charge in [0.1, 0.15) is 11.4 Å². The average molecular weight is 413 g/mol. The number of ether oxygens (including phenoxy) is 2. The van der Waals surface area contributed by atoms with Gasteiger partial charge in [-0.3, -0.25) is 14.5 Å². The van der Waals surface area contributed by atoms with Crippen LogP contribution in [0.3, 0.4) is 0 Å². The summed E-state index contributed by atoms with van der Waals surface area (Å²) in [4.78, 5) is 30.0. The maximum Gasteiger partial charge on any atom is 0.278 e. The first-order valence-corrected chi connectivity index (χ1v) is 9.79. The van der Waals surface area contributed by atoms with Crippen LogP contribution < -0.4 is 4.74 Å². The van der Waals surface area contributed by atoms with Crippen molar-refractivity contribution in [1.82, 2.24) is 9.80 Å². The van der Waals surface area contributed by atoms with E-state index in [2.05, 4.69) is 0 Å². The number of morpholine rings is 1. The Balaban J connectivity index is 1.74. The normalized spacial score (nSPS) is 17.3. The molecule has 1 fully saturated rings. The number of nitrogens with zero attached hydrogens (tertiary/aromatic N) is 2. The zero-order chi connectivity index (χ0) is 20.4. The van der Waals surface area contributed by atoms with Crippen LogP contribution in [0.25, 0.3) is 5.57 Å². The molecule has 0 N–H and O–H groups in total. The van der Waals surface area contributed by atoms with Crippen molar-refractivity contribution in [2.45, 2.75) is 6.54 Å². The van der Waals surface area contributed by atoms with E-state index in [1.807, 2.05) is 29.2 Å². The van der Waals surface area contributed by atoms with E-state index in [0.29, 0.717) is 53.9 Å². The average Bonchev–Trinajstić information content (AvgIpc) is 3.00. The van der Waals surface area contributed by atoms with E-state index in [9.17, 15) is 9.59 Å². The summed E-state index contributed by atoms with van der Waals surface area (Å²) < 4.78 is 10.8. The van der Waals surface area contributed by atoms with Gasteiger partial charge in [-0.25, -0.2) is 0 Å². The fraction of sp³-hybridized carbons (Fsp3) is 0.273. The standard InChI is InChI=1S/C22H21ClN2O4/c1-28-18-5-3-2-4-16(18)14-25-21(26)19(15-6-8-17(23)9-7-15)20(22(25)27)24-10-12-29-13-11-24/h2-9H,10-14H2,1H3. The number of rotatable bonds is 5. The molecule has 2 aromatic carbocycles. The van der Waals surface area contributed by atoms with Gasteiger partial charge in [-0.2, -0.15) is 0 Å². The molecule has 7 heteroatoms. The Kier molecular flexibility index (Phi) is 5.56. The largest absolute Gasteiger partial charge is 0.496 e. The summed E-state index contributed by atoms with van der Waals surface area (Å²) in [7, 11) is 1.57. The number of carbonyl (C=O) groups excluding carboxylic acids is 2. The van der Waals surface area contributed by atoms with Crippen molar-refractivity contribution in [1.29, 1.82) is 0 Å². The molecule has 2 aliphatic heterocycles. The Morgan fingerprint density at radius 2 is 1.69 bits per heavy atom. The van der Waals surface area contributed by atoms with Gasteiger partial charge in [-0.05, 0) is 23.8 Å². The van der Waals surface area contributed by atoms with Crippen LogP contribution in [0, 0.1) is 0 Å². The summed E-state index contributed by atoms with van der Waals surface area (Å²) in [6, 6.07) is 14.4. The predicted octanol–water partition coefficient (Wildman–Crippen LogP) is 2.96. The molecular formula is C22H21ClN2O4. The summed E-state index contributed by atoms with van der Waals surface area (Å²) in [5.74, 6) is 0.0263. The molecule has 2 aliphatic rings. The zero-order valence-corrected chi connectivity index (χ0v) is 16.8. The lowest BCUT2D eigenvalue weighted by atomic mass is 10.0. The number of para-hydroxylation sites is 1. The van der Waals surface area contributed by atoms with Crippen molar-refractivity contribution in [2.24, 2.45) is 0 Å². The highest BCUT2D eigenvalue weighted by Crippen LogP contribution is 2.34. The summed E-state index contributed by atoms with van der Waals surface area (Å²) in [6.45, 7) is 2.31. The van der Waals surface area contributed by atoms with Crippen LogP contribution >= 0.6 is 11.6 Å². The van der Waals surface area contributed by atoms with Gasteiger partial charge in [0.05, 0.1) is 32.4 Å². The van der Waals surface area contributed by atoms with Crippen LogP contribution in [0.15, 0.2) is 54.2 Å². The lowest BCUT2D eigenvalue weighted by Crippen LogP contribution is -2.40. The van der Waals surface area contributed by atoms with Gasteiger partial charge in [0.15, 0.2) is 0 Å². The van der Waals surface area contributed by atoms with E-state index < -0.39 is 0 Å². The Bertz CT molecular complexity index is 965. The second kappa shape index (κ2) is 8.27. The molecule has 0 unspecified atom stereocenters. The minimum atomic E-state index is -0.315.